The number of sulfone groups is 1. The molecular formula is C23H17F3N2O2S. The minimum atomic E-state index is -3.91. The number of nitrogens with zero attached hydrogens (tertiary/aromatic N) is 2. The van der Waals surface area contributed by atoms with Gasteiger partial charge in [-0.2, -0.15) is 0 Å². The van der Waals surface area contributed by atoms with Gasteiger partial charge in [-0.1, -0.05) is 12.1 Å². The summed E-state index contributed by atoms with van der Waals surface area (Å²) < 4.78 is 67.8. The topological polar surface area (TPSA) is 52.0 Å². The molecule has 1 aromatic heterocycles. The van der Waals surface area contributed by atoms with Crippen molar-refractivity contribution < 1.29 is 21.6 Å². The number of aromatic nitrogens is 2. The van der Waals surface area contributed by atoms with E-state index in [0.29, 0.717) is 28.1 Å². The molecule has 0 saturated heterocycles. The fraction of sp³-hybridized carbons (Fsp3) is 0.0870. The van der Waals surface area contributed by atoms with E-state index in [9.17, 15) is 21.6 Å². The van der Waals surface area contributed by atoms with Gasteiger partial charge in [0.1, 0.15) is 17.5 Å². The summed E-state index contributed by atoms with van der Waals surface area (Å²) in [5.74, 6) is -1.70. The van der Waals surface area contributed by atoms with Gasteiger partial charge in [0, 0.05) is 18.2 Å². The molecule has 31 heavy (non-hydrogen) atoms. The van der Waals surface area contributed by atoms with Gasteiger partial charge in [0.25, 0.3) is 0 Å². The molecule has 0 aliphatic heterocycles. The molecule has 0 amide bonds. The highest BCUT2D eigenvalue weighted by atomic mass is 32.2. The Morgan fingerprint density at radius 3 is 1.71 bits per heavy atom. The van der Waals surface area contributed by atoms with Gasteiger partial charge in [-0.15, -0.1) is 0 Å². The van der Waals surface area contributed by atoms with Crippen LogP contribution < -0.4 is 0 Å². The van der Waals surface area contributed by atoms with Crippen LogP contribution in [-0.4, -0.2) is 18.0 Å². The van der Waals surface area contributed by atoms with Crippen molar-refractivity contribution in [2.45, 2.75) is 10.9 Å². The molecule has 0 radical (unpaired) electrons. The summed E-state index contributed by atoms with van der Waals surface area (Å²) in [5.41, 5.74) is 2.26. The zero-order valence-corrected chi connectivity index (χ0v) is 17.2. The quantitative estimate of drug-likeness (QED) is 0.430. The highest BCUT2D eigenvalue weighted by Crippen LogP contribution is 2.34. The van der Waals surface area contributed by atoms with Crippen molar-refractivity contribution in [1.82, 2.24) is 9.55 Å². The molecule has 0 fully saturated rings. The minimum Gasteiger partial charge on any atom is -0.317 e. The molecule has 0 N–H and O–H groups in total. The van der Waals surface area contributed by atoms with Gasteiger partial charge in [-0.25, -0.2) is 26.6 Å². The molecule has 0 saturated carbocycles. The number of hydrogen-bond acceptors (Lipinski definition) is 3. The average molecular weight is 442 g/mol. The molecular weight excluding hydrogens is 425 g/mol. The first-order chi connectivity index (χ1) is 14.7. The number of halogens is 3. The summed E-state index contributed by atoms with van der Waals surface area (Å²) in [6, 6.07) is 16.3. The molecule has 0 aliphatic rings. The summed E-state index contributed by atoms with van der Waals surface area (Å²) in [5, 5.41) is -0.199. The van der Waals surface area contributed by atoms with E-state index in [1.807, 2.05) is 0 Å². The molecule has 0 bridgehead atoms. The third kappa shape index (κ3) is 4.25. The molecule has 0 aliphatic carbocycles. The summed E-state index contributed by atoms with van der Waals surface area (Å²) in [6.45, 7) is 0. The first-order valence-corrected chi connectivity index (χ1v) is 11.0. The van der Waals surface area contributed by atoms with E-state index in [0.717, 1.165) is 0 Å². The Bertz CT molecular complexity index is 1330. The van der Waals surface area contributed by atoms with E-state index < -0.39 is 27.3 Å². The summed E-state index contributed by atoms with van der Waals surface area (Å²) in [4.78, 5) is 4.38. The van der Waals surface area contributed by atoms with Gasteiger partial charge in [-0.05, 0) is 66.2 Å². The Labute approximate surface area is 177 Å². The predicted molar refractivity (Wildman–Crippen MR) is 111 cm³/mol. The smallest absolute Gasteiger partial charge is 0.228 e. The Kier molecular flexibility index (Phi) is 5.41. The van der Waals surface area contributed by atoms with Gasteiger partial charge in [0.2, 0.25) is 15.0 Å². The Hall–Kier alpha value is -3.39. The van der Waals surface area contributed by atoms with Crippen LogP contribution in [0.4, 0.5) is 13.2 Å². The van der Waals surface area contributed by atoms with Crippen LogP contribution in [-0.2, 0) is 22.6 Å². The van der Waals surface area contributed by atoms with Gasteiger partial charge in [0.05, 0.1) is 17.1 Å². The van der Waals surface area contributed by atoms with Gasteiger partial charge in [0.15, 0.2) is 0 Å². The minimum absolute atomic E-state index is 0.199. The molecule has 4 nitrogen and oxygen atoms in total. The maximum atomic E-state index is 13.4. The molecule has 4 aromatic rings. The van der Waals surface area contributed by atoms with Crippen molar-refractivity contribution in [1.29, 1.82) is 0 Å². The molecule has 1 heterocycles. The second-order valence-corrected chi connectivity index (χ2v) is 8.93. The lowest BCUT2D eigenvalue weighted by atomic mass is 10.0. The Morgan fingerprint density at radius 2 is 1.19 bits per heavy atom. The van der Waals surface area contributed by atoms with Crippen molar-refractivity contribution in [3.05, 3.63) is 95.8 Å². The SMILES string of the molecule is Cn1c(S(=O)(=O)Cc2ccc(F)cc2)nc(-c2ccc(F)cc2)c1-c1ccc(F)cc1. The monoisotopic (exact) mass is 442 g/mol. The third-order valence-electron chi connectivity index (χ3n) is 4.84. The van der Waals surface area contributed by atoms with Crippen LogP contribution in [0.25, 0.3) is 22.5 Å². The maximum absolute atomic E-state index is 13.4. The highest BCUT2D eigenvalue weighted by Gasteiger charge is 2.27. The Morgan fingerprint density at radius 1 is 0.742 bits per heavy atom. The number of rotatable bonds is 5. The summed E-state index contributed by atoms with van der Waals surface area (Å²) in [6.07, 6.45) is 0. The lowest BCUT2D eigenvalue weighted by molar-refractivity contribution is 0.578. The van der Waals surface area contributed by atoms with Gasteiger partial charge >= 0.3 is 0 Å². The van der Waals surface area contributed by atoms with Crippen molar-refractivity contribution in [3.8, 4) is 22.5 Å². The summed E-state index contributed by atoms with van der Waals surface area (Å²) >= 11 is 0. The lowest BCUT2D eigenvalue weighted by Gasteiger charge is -2.09. The molecule has 0 spiro atoms. The average Bonchev–Trinajstić information content (AvgIpc) is 3.09. The zero-order chi connectivity index (χ0) is 22.2. The highest BCUT2D eigenvalue weighted by molar-refractivity contribution is 7.90. The molecule has 0 unspecified atom stereocenters. The van der Waals surface area contributed by atoms with E-state index in [2.05, 4.69) is 4.98 Å². The van der Waals surface area contributed by atoms with Crippen molar-refractivity contribution in [2.24, 2.45) is 7.05 Å². The molecule has 0 atom stereocenters. The van der Waals surface area contributed by atoms with Crippen LogP contribution in [0.5, 0.6) is 0 Å². The number of hydrogen-bond donors (Lipinski definition) is 0. The van der Waals surface area contributed by atoms with Gasteiger partial charge < -0.3 is 4.57 Å². The summed E-state index contributed by atoms with van der Waals surface area (Å²) in [7, 11) is -2.36. The molecule has 3 aromatic carbocycles. The number of imidazole rings is 1. The fourth-order valence-electron chi connectivity index (χ4n) is 3.37. The van der Waals surface area contributed by atoms with Crippen molar-refractivity contribution in [2.75, 3.05) is 0 Å². The lowest BCUT2D eigenvalue weighted by Crippen LogP contribution is -2.11. The first kappa shape index (κ1) is 20.9. The standard InChI is InChI=1S/C23H17F3N2O2S/c1-28-22(17-6-12-20(26)13-7-17)21(16-4-10-19(25)11-5-16)27-23(28)31(29,30)14-15-2-8-18(24)9-3-15/h2-13H,14H2,1H3. The maximum Gasteiger partial charge on any atom is 0.228 e. The predicted octanol–water partition coefficient (Wildman–Crippen LogP) is 5.15. The van der Waals surface area contributed by atoms with E-state index in [1.165, 1.54) is 77.4 Å². The third-order valence-corrected chi connectivity index (χ3v) is 6.47. The van der Waals surface area contributed by atoms with Crippen LogP contribution in [0.2, 0.25) is 0 Å². The Balaban J connectivity index is 1.87. The van der Waals surface area contributed by atoms with Crippen molar-refractivity contribution >= 4 is 9.84 Å². The number of benzene rings is 3. The molecule has 8 heteroatoms. The van der Waals surface area contributed by atoms with Gasteiger partial charge in [-0.3, -0.25) is 0 Å². The van der Waals surface area contributed by atoms with Crippen LogP contribution in [0.1, 0.15) is 5.56 Å². The largest absolute Gasteiger partial charge is 0.317 e. The van der Waals surface area contributed by atoms with E-state index >= 15 is 0 Å². The van der Waals surface area contributed by atoms with Crippen molar-refractivity contribution in [3.63, 3.8) is 0 Å². The zero-order valence-electron chi connectivity index (χ0n) is 16.4. The second kappa shape index (κ2) is 8.03. The van der Waals surface area contributed by atoms with E-state index in [4.69, 9.17) is 0 Å². The molecule has 158 valence electrons. The van der Waals surface area contributed by atoms with Crippen LogP contribution in [0, 0.1) is 17.5 Å². The van der Waals surface area contributed by atoms with E-state index in [-0.39, 0.29) is 10.9 Å². The van der Waals surface area contributed by atoms with Crippen LogP contribution >= 0.6 is 0 Å². The fourth-order valence-corrected chi connectivity index (χ4v) is 4.87. The molecule has 4 rings (SSSR count). The second-order valence-electron chi connectivity index (χ2n) is 7.05. The normalized spacial score (nSPS) is 11.6. The van der Waals surface area contributed by atoms with E-state index in [1.54, 1.807) is 7.05 Å². The van der Waals surface area contributed by atoms with Crippen LogP contribution in [0.3, 0.4) is 0 Å². The van der Waals surface area contributed by atoms with Crippen LogP contribution in [0.15, 0.2) is 78.0 Å². The first-order valence-electron chi connectivity index (χ1n) is 9.30.